The lowest BCUT2D eigenvalue weighted by molar-refractivity contribution is 0.0937. The van der Waals surface area contributed by atoms with Gasteiger partial charge in [0.25, 0.3) is 5.91 Å². The van der Waals surface area contributed by atoms with E-state index in [1.807, 2.05) is 18.2 Å². The van der Waals surface area contributed by atoms with Crippen LogP contribution < -0.4 is 5.32 Å². The highest BCUT2D eigenvalue weighted by atomic mass is 79.9. The number of hydrogen-bond acceptors (Lipinski definition) is 1. The molecule has 0 radical (unpaired) electrons. The van der Waals surface area contributed by atoms with Gasteiger partial charge in [-0.25, -0.2) is 0 Å². The maximum Gasteiger partial charge on any atom is 0.251 e. The number of halogens is 2. The summed E-state index contributed by atoms with van der Waals surface area (Å²) in [6.07, 6.45) is 0.957. The molecule has 0 aromatic heterocycles. The predicted octanol–water partition coefficient (Wildman–Crippen LogP) is 2.44. The highest BCUT2D eigenvalue weighted by Crippen LogP contribution is 2.54. The van der Waals surface area contributed by atoms with Crippen LogP contribution in [0.2, 0.25) is 0 Å². The van der Waals surface area contributed by atoms with Crippen molar-refractivity contribution in [3.8, 4) is 0 Å². The van der Waals surface area contributed by atoms with Gasteiger partial charge in [-0.2, -0.15) is 0 Å². The molecular formula is C11H9BrClNO. The van der Waals surface area contributed by atoms with Crippen LogP contribution >= 0.6 is 27.5 Å². The first-order chi connectivity index (χ1) is 7.13. The zero-order valence-corrected chi connectivity index (χ0v) is 10.2. The van der Waals surface area contributed by atoms with Crippen LogP contribution in [-0.4, -0.2) is 17.8 Å². The number of alkyl halides is 1. The van der Waals surface area contributed by atoms with Gasteiger partial charge >= 0.3 is 0 Å². The zero-order chi connectivity index (χ0) is 10.6. The van der Waals surface area contributed by atoms with Gasteiger partial charge in [-0.15, -0.1) is 11.6 Å². The average molecular weight is 287 g/mol. The highest BCUT2D eigenvalue weighted by molar-refractivity contribution is 9.10. The normalized spacial score (nSPS) is 32.4. The van der Waals surface area contributed by atoms with Crippen molar-refractivity contribution in [2.45, 2.75) is 17.2 Å². The lowest BCUT2D eigenvalue weighted by Gasteiger charge is -2.26. The van der Waals surface area contributed by atoms with Crippen LogP contribution in [0.4, 0.5) is 0 Å². The van der Waals surface area contributed by atoms with Crippen LogP contribution in [0.1, 0.15) is 22.3 Å². The van der Waals surface area contributed by atoms with Crippen molar-refractivity contribution in [3.05, 3.63) is 33.8 Å². The lowest BCUT2D eigenvalue weighted by atomic mass is 9.88. The maximum atomic E-state index is 11.6. The molecule has 3 rings (SSSR count). The summed E-state index contributed by atoms with van der Waals surface area (Å²) in [5.74, 6) is 0.0129. The quantitative estimate of drug-likeness (QED) is 0.729. The Morgan fingerprint density at radius 1 is 1.53 bits per heavy atom. The van der Waals surface area contributed by atoms with Gasteiger partial charge < -0.3 is 5.32 Å². The Balaban J connectivity index is 2.20. The summed E-state index contributed by atoms with van der Waals surface area (Å²) in [6, 6.07) is 5.77. The standard InChI is InChI=1S/C11H9BrClNO/c12-6-1-2-7-8(3-6)11(4-9(11)13)5-14-10(7)15/h1-3,9H,4-5H2,(H,14,15)/t9-,11+/m1/s1. The summed E-state index contributed by atoms with van der Waals surface area (Å²) in [4.78, 5) is 11.6. The Labute approximate surface area is 101 Å². The topological polar surface area (TPSA) is 29.1 Å². The molecule has 1 aromatic carbocycles. The van der Waals surface area contributed by atoms with Crippen LogP contribution in [0.3, 0.4) is 0 Å². The van der Waals surface area contributed by atoms with E-state index in [9.17, 15) is 4.79 Å². The van der Waals surface area contributed by atoms with Gasteiger partial charge in [-0.1, -0.05) is 15.9 Å². The van der Waals surface area contributed by atoms with Gasteiger partial charge in [0, 0.05) is 27.4 Å². The molecule has 1 aromatic rings. The van der Waals surface area contributed by atoms with E-state index in [0.717, 1.165) is 22.0 Å². The number of amides is 1. The van der Waals surface area contributed by atoms with Crippen LogP contribution in [0, 0.1) is 0 Å². The van der Waals surface area contributed by atoms with Crippen LogP contribution in [-0.2, 0) is 5.41 Å². The molecule has 1 N–H and O–H groups in total. The van der Waals surface area contributed by atoms with E-state index in [1.54, 1.807) is 0 Å². The number of hydrogen-bond donors (Lipinski definition) is 1. The molecule has 1 aliphatic carbocycles. The number of carbonyl (C=O) groups is 1. The van der Waals surface area contributed by atoms with Gasteiger partial charge in [0.05, 0.1) is 0 Å². The molecule has 0 saturated heterocycles. The van der Waals surface area contributed by atoms with Crippen molar-refractivity contribution >= 4 is 33.4 Å². The lowest BCUT2D eigenvalue weighted by Crippen LogP contribution is -2.40. The van der Waals surface area contributed by atoms with Crippen molar-refractivity contribution in [3.63, 3.8) is 0 Å². The number of fused-ring (bicyclic) bond motifs is 2. The molecule has 1 amide bonds. The molecular weight excluding hydrogens is 277 g/mol. The Kier molecular flexibility index (Phi) is 1.92. The van der Waals surface area contributed by atoms with Gasteiger partial charge in [-0.05, 0) is 30.2 Å². The summed E-state index contributed by atoms with van der Waals surface area (Å²) in [6.45, 7) is 0.670. The van der Waals surface area contributed by atoms with Crippen molar-refractivity contribution in [1.29, 1.82) is 0 Å². The fourth-order valence-corrected chi connectivity index (χ4v) is 3.11. The fraction of sp³-hybridized carbons (Fsp3) is 0.364. The summed E-state index contributed by atoms with van der Waals surface area (Å²) >= 11 is 9.62. The third kappa shape index (κ3) is 1.26. The monoisotopic (exact) mass is 285 g/mol. The van der Waals surface area contributed by atoms with E-state index in [4.69, 9.17) is 11.6 Å². The Morgan fingerprint density at radius 2 is 2.27 bits per heavy atom. The van der Waals surface area contributed by atoms with E-state index in [-0.39, 0.29) is 16.7 Å². The Morgan fingerprint density at radius 3 is 2.93 bits per heavy atom. The first kappa shape index (κ1) is 9.67. The predicted molar refractivity (Wildman–Crippen MR) is 62.4 cm³/mol. The van der Waals surface area contributed by atoms with E-state index in [2.05, 4.69) is 21.2 Å². The van der Waals surface area contributed by atoms with Crippen LogP contribution in [0.5, 0.6) is 0 Å². The largest absolute Gasteiger partial charge is 0.351 e. The van der Waals surface area contributed by atoms with Crippen LogP contribution in [0.15, 0.2) is 22.7 Å². The summed E-state index contributed by atoms with van der Waals surface area (Å²) in [7, 11) is 0. The Bertz CT molecular complexity index is 462. The van der Waals surface area contributed by atoms with E-state index >= 15 is 0 Å². The second kappa shape index (κ2) is 2.98. The number of carbonyl (C=O) groups excluding carboxylic acids is 1. The molecule has 4 heteroatoms. The van der Waals surface area contributed by atoms with Gasteiger partial charge in [0.2, 0.25) is 0 Å². The Hall–Kier alpha value is -0.540. The average Bonchev–Trinajstić information content (AvgIpc) is 2.85. The molecule has 1 heterocycles. The van der Waals surface area contributed by atoms with Gasteiger partial charge in [-0.3, -0.25) is 4.79 Å². The molecule has 1 saturated carbocycles. The number of rotatable bonds is 0. The first-order valence-electron chi connectivity index (χ1n) is 4.86. The third-order valence-corrected chi connectivity index (χ3v) is 4.38. The molecule has 2 atom stereocenters. The second-order valence-corrected chi connectivity index (χ2v) is 5.64. The second-order valence-electron chi connectivity index (χ2n) is 4.20. The molecule has 15 heavy (non-hydrogen) atoms. The van der Waals surface area contributed by atoms with E-state index in [1.165, 1.54) is 0 Å². The molecule has 1 spiro atoms. The number of benzene rings is 1. The van der Waals surface area contributed by atoms with Gasteiger partial charge in [0.1, 0.15) is 0 Å². The molecule has 1 aliphatic heterocycles. The molecule has 0 unspecified atom stereocenters. The number of nitrogens with one attached hydrogen (secondary N) is 1. The van der Waals surface area contributed by atoms with Gasteiger partial charge in [0.15, 0.2) is 0 Å². The smallest absolute Gasteiger partial charge is 0.251 e. The van der Waals surface area contributed by atoms with Crippen molar-refractivity contribution in [2.75, 3.05) is 6.54 Å². The van der Waals surface area contributed by atoms with Crippen molar-refractivity contribution < 1.29 is 4.79 Å². The van der Waals surface area contributed by atoms with Crippen molar-refractivity contribution in [1.82, 2.24) is 5.32 Å². The van der Waals surface area contributed by atoms with E-state index in [0.29, 0.717) is 6.54 Å². The summed E-state index contributed by atoms with van der Waals surface area (Å²) in [5, 5.41) is 3.06. The molecule has 78 valence electrons. The molecule has 2 nitrogen and oxygen atoms in total. The molecule has 1 fully saturated rings. The first-order valence-corrected chi connectivity index (χ1v) is 6.09. The fourth-order valence-electron chi connectivity index (χ4n) is 2.28. The maximum absolute atomic E-state index is 11.6. The molecule has 2 aliphatic rings. The minimum absolute atomic E-state index is 0.00538. The van der Waals surface area contributed by atoms with Crippen molar-refractivity contribution in [2.24, 2.45) is 0 Å². The summed E-state index contributed by atoms with van der Waals surface area (Å²) < 4.78 is 1.01. The zero-order valence-electron chi connectivity index (χ0n) is 7.89. The SMILES string of the molecule is O=C1NC[C@@]2(C[C@H]2Cl)c2cc(Br)ccc21. The van der Waals surface area contributed by atoms with E-state index < -0.39 is 0 Å². The molecule has 0 bridgehead atoms. The third-order valence-electron chi connectivity index (χ3n) is 3.31. The van der Waals surface area contributed by atoms with Crippen LogP contribution in [0.25, 0.3) is 0 Å². The summed E-state index contributed by atoms with van der Waals surface area (Å²) in [5.41, 5.74) is 1.86. The highest BCUT2D eigenvalue weighted by Gasteiger charge is 2.57. The minimum Gasteiger partial charge on any atom is -0.351 e. The minimum atomic E-state index is -0.00538.